The van der Waals surface area contributed by atoms with Crippen molar-refractivity contribution in [2.75, 3.05) is 11.9 Å². The summed E-state index contributed by atoms with van der Waals surface area (Å²) < 4.78 is 0. The van der Waals surface area contributed by atoms with Gasteiger partial charge in [-0.2, -0.15) is 0 Å². The molecule has 0 radical (unpaired) electrons. The van der Waals surface area contributed by atoms with Crippen molar-refractivity contribution in [3.8, 4) is 0 Å². The summed E-state index contributed by atoms with van der Waals surface area (Å²) >= 11 is 0. The number of aromatic nitrogens is 1. The summed E-state index contributed by atoms with van der Waals surface area (Å²) in [6, 6.07) is 13.3. The van der Waals surface area contributed by atoms with Gasteiger partial charge in [-0.05, 0) is 48.9 Å². The maximum absolute atomic E-state index is 12.5. The van der Waals surface area contributed by atoms with Crippen LogP contribution >= 0.6 is 0 Å². The molecule has 0 spiro atoms. The topological polar surface area (TPSA) is 45.2 Å². The number of benzene rings is 1. The zero-order chi connectivity index (χ0) is 15.6. The van der Waals surface area contributed by atoms with Crippen LogP contribution in [0.25, 0.3) is 0 Å². The molecule has 1 atom stereocenters. The van der Waals surface area contributed by atoms with Crippen molar-refractivity contribution in [3.05, 3.63) is 59.9 Å². The van der Waals surface area contributed by atoms with Crippen LogP contribution in [0.2, 0.25) is 0 Å². The molecular weight excluding hydrogens is 286 g/mol. The molecule has 4 rings (SSSR count). The smallest absolute Gasteiger partial charge is 0.238 e. The molecule has 23 heavy (non-hydrogen) atoms. The van der Waals surface area contributed by atoms with Gasteiger partial charge in [-0.3, -0.25) is 14.7 Å². The molecular formula is C19H21N3O. The SMILES string of the molecule is O=C(CN(C1CC1)C1CCc2ccccc21)Nc1ccncc1. The monoisotopic (exact) mass is 307 g/mol. The van der Waals surface area contributed by atoms with Gasteiger partial charge in [0.1, 0.15) is 0 Å². The standard InChI is InChI=1S/C19H21N3O/c23-19(21-15-9-11-20-12-10-15)13-22(16-6-7-16)18-8-5-14-3-1-2-4-17(14)18/h1-4,9-12,16,18H,5-8,13H2,(H,20,21,23). The molecule has 0 bridgehead atoms. The average molecular weight is 307 g/mol. The first-order valence-electron chi connectivity index (χ1n) is 8.35. The summed E-state index contributed by atoms with van der Waals surface area (Å²) in [7, 11) is 0. The Kier molecular flexibility index (Phi) is 3.83. The van der Waals surface area contributed by atoms with E-state index in [9.17, 15) is 4.79 Å². The lowest BCUT2D eigenvalue weighted by molar-refractivity contribution is -0.118. The fourth-order valence-corrected chi connectivity index (χ4v) is 3.58. The molecule has 0 aliphatic heterocycles. The van der Waals surface area contributed by atoms with Gasteiger partial charge in [0.25, 0.3) is 0 Å². The number of nitrogens with zero attached hydrogens (tertiary/aromatic N) is 2. The van der Waals surface area contributed by atoms with Gasteiger partial charge in [0.15, 0.2) is 0 Å². The van der Waals surface area contributed by atoms with Crippen molar-refractivity contribution in [1.82, 2.24) is 9.88 Å². The van der Waals surface area contributed by atoms with Crippen LogP contribution in [-0.2, 0) is 11.2 Å². The van der Waals surface area contributed by atoms with E-state index in [-0.39, 0.29) is 5.91 Å². The van der Waals surface area contributed by atoms with E-state index in [4.69, 9.17) is 0 Å². The molecule has 2 aliphatic rings. The van der Waals surface area contributed by atoms with Crippen LogP contribution in [0, 0.1) is 0 Å². The summed E-state index contributed by atoms with van der Waals surface area (Å²) in [6.45, 7) is 0.464. The van der Waals surface area contributed by atoms with E-state index in [2.05, 4.69) is 39.5 Å². The number of carbonyl (C=O) groups excluding carboxylic acids is 1. The number of fused-ring (bicyclic) bond motifs is 1. The Bertz CT molecular complexity index is 697. The van der Waals surface area contributed by atoms with E-state index in [0.717, 1.165) is 18.5 Å². The maximum atomic E-state index is 12.5. The van der Waals surface area contributed by atoms with Crippen molar-refractivity contribution in [2.45, 2.75) is 37.8 Å². The Morgan fingerprint density at radius 3 is 2.70 bits per heavy atom. The first-order chi connectivity index (χ1) is 11.3. The number of nitrogens with one attached hydrogen (secondary N) is 1. The number of amides is 1. The first-order valence-corrected chi connectivity index (χ1v) is 8.35. The van der Waals surface area contributed by atoms with Gasteiger partial charge in [-0.15, -0.1) is 0 Å². The van der Waals surface area contributed by atoms with Crippen LogP contribution in [-0.4, -0.2) is 28.4 Å². The Morgan fingerprint density at radius 1 is 1.13 bits per heavy atom. The van der Waals surface area contributed by atoms with Gasteiger partial charge in [0.05, 0.1) is 6.54 Å². The Balaban J connectivity index is 1.48. The van der Waals surface area contributed by atoms with Crippen LogP contribution in [0.4, 0.5) is 5.69 Å². The van der Waals surface area contributed by atoms with Gasteiger partial charge in [-0.25, -0.2) is 0 Å². The highest BCUT2D eigenvalue weighted by atomic mass is 16.2. The van der Waals surface area contributed by atoms with Crippen molar-refractivity contribution in [3.63, 3.8) is 0 Å². The molecule has 1 saturated carbocycles. The van der Waals surface area contributed by atoms with Crippen molar-refractivity contribution < 1.29 is 4.79 Å². The van der Waals surface area contributed by atoms with Crippen molar-refractivity contribution >= 4 is 11.6 Å². The first kappa shape index (κ1) is 14.4. The van der Waals surface area contributed by atoms with Gasteiger partial charge in [0.2, 0.25) is 5.91 Å². The minimum absolute atomic E-state index is 0.0625. The highest BCUT2D eigenvalue weighted by Gasteiger charge is 2.38. The van der Waals surface area contributed by atoms with E-state index in [1.54, 1.807) is 12.4 Å². The van der Waals surface area contributed by atoms with E-state index < -0.39 is 0 Å². The van der Waals surface area contributed by atoms with Crippen LogP contribution in [0.5, 0.6) is 0 Å². The number of rotatable bonds is 5. The highest BCUT2D eigenvalue weighted by Crippen LogP contribution is 2.41. The second kappa shape index (κ2) is 6.13. The largest absolute Gasteiger partial charge is 0.325 e. The minimum atomic E-state index is 0.0625. The van der Waals surface area contributed by atoms with Gasteiger partial charge in [-0.1, -0.05) is 24.3 Å². The summed E-state index contributed by atoms with van der Waals surface area (Å²) in [5.74, 6) is 0.0625. The maximum Gasteiger partial charge on any atom is 0.238 e. The third-order valence-electron chi connectivity index (χ3n) is 4.81. The lowest BCUT2D eigenvalue weighted by atomic mass is 10.1. The van der Waals surface area contributed by atoms with Crippen molar-refractivity contribution in [1.29, 1.82) is 0 Å². The number of anilines is 1. The number of hydrogen-bond donors (Lipinski definition) is 1. The fraction of sp³-hybridized carbons (Fsp3) is 0.368. The van der Waals surface area contributed by atoms with Crippen LogP contribution in [0.15, 0.2) is 48.8 Å². The normalized spacial score (nSPS) is 19.6. The lowest BCUT2D eigenvalue weighted by Crippen LogP contribution is -2.37. The molecule has 1 N–H and O–H groups in total. The second-order valence-electron chi connectivity index (χ2n) is 6.44. The highest BCUT2D eigenvalue weighted by molar-refractivity contribution is 5.92. The fourth-order valence-electron chi connectivity index (χ4n) is 3.58. The van der Waals surface area contributed by atoms with E-state index in [1.165, 1.54) is 24.0 Å². The van der Waals surface area contributed by atoms with Gasteiger partial charge < -0.3 is 5.32 Å². The Hall–Kier alpha value is -2.20. The molecule has 1 heterocycles. The summed E-state index contributed by atoms with van der Waals surface area (Å²) in [6.07, 6.45) is 8.06. The molecule has 1 aromatic heterocycles. The second-order valence-corrected chi connectivity index (χ2v) is 6.44. The number of carbonyl (C=O) groups is 1. The molecule has 1 unspecified atom stereocenters. The van der Waals surface area contributed by atoms with Gasteiger partial charge in [0, 0.05) is 30.2 Å². The van der Waals surface area contributed by atoms with Crippen LogP contribution < -0.4 is 5.32 Å². The molecule has 1 aromatic carbocycles. The molecule has 2 aromatic rings. The van der Waals surface area contributed by atoms with Crippen molar-refractivity contribution in [2.24, 2.45) is 0 Å². The summed E-state index contributed by atoms with van der Waals surface area (Å²) in [5.41, 5.74) is 3.67. The molecule has 1 fully saturated rings. The molecule has 2 aliphatic carbocycles. The average Bonchev–Trinajstić information content (AvgIpc) is 3.33. The third-order valence-corrected chi connectivity index (χ3v) is 4.81. The zero-order valence-electron chi connectivity index (χ0n) is 13.1. The lowest BCUT2D eigenvalue weighted by Gasteiger charge is -2.29. The number of hydrogen-bond acceptors (Lipinski definition) is 3. The zero-order valence-corrected chi connectivity index (χ0v) is 13.1. The molecule has 118 valence electrons. The summed E-state index contributed by atoms with van der Waals surface area (Å²) in [4.78, 5) is 18.8. The van der Waals surface area contributed by atoms with Gasteiger partial charge >= 0.3 is 0 Å². The van der Waals surface area contributed by atoms with E-state index >= 15 is 0 Å². The van der Waals surface area contributed by atoms with Crippen LogP contribution in [0.1, 0.15) is 36.4 Å². The number of aryl methyl sites for hydroxylation is 1. The van der Waals surface area contributed by atoms with E-state index in [1.807, 2.05) is 12.1 Å². The van der Waals surface area contributed by atoms with E-state index in [0.29, 0.717) is 18.6 Å². The van der Waals surface area contributed by atoms with Crippen LogP contribution in [0.3, 0.4) is 0 Å². The minimum Gasteiger partial charge on any atom is -0.325 e. The number of pyridine rings is 1. The third kappa shape index (κ3) is 3.13. The Morgan fingerprint density at radius 2 is 1.91 bits per heavy atom. The summed E-state index contributed by atoms with van der Waals surface area (Å²) in [5, 5.41) is 2.98. The molecule has 1 amide bonds. The molecule has 0 saturated heterocycles. The molecule has 4 nitrogen and oxygen atoms in total. The predicted molar refractivity (Wildman–Crippen MR) is 90.1 cm³/mol. The molecule has 4 heteroatoms. The predicted octanol–water partition coefficient (Wildman–Crippen LogP) is 3.17. The Labute approximate surface area is 136 Å². The quantitative estimate of drug-likeness (QED) is 0.923.